The zero-order chi connectivity index (χ0) is 40.7. The van der Waals surface area contributed by atoms with Gasteiger partial charge in [-0.05, 0) is 83.5 Å². The molecular weight excluding hydrogens is 691 g/mol. The SMILES string of the molecule is CC/C=C\C/C=C\C/C=C\C/C=C\CCCCC(=O)OC(COCCC(C(=O)O)[N+](C)(C)C)COC(=O)CCCCCCC/C=C\C/C=C\CCCCCC. The van der Waals surface area contributed by atoms with Gasteiger partial charge in [-0.1, -0.05) is 125 Å². The molecule has 0 amide bonds. The van der Waals surface area contributed by atoms with Crippen molar-refractivity contribution >= 4 is 17.9 Å². The largest absolute Gasteiger partial charge is 0.477 e. The predicted octanol–water partition coefficient (Wildman–Crippen LogP) is 11.6. The molecule has 0 bridgehead atoms. The first kappa shape index (κ1) is 51.8. The lowest BCUT2D eigenvalue weighted by molar-refractivity contribution is -0.887. The van der Waals surface area contributed by atoms with Crippen LogP contribution in [0.5, 0.6) is 0 Å². The summed E-state index contributed by atoms with van der Waals surface area (Å²) in [5.41, 5.74) is 0. The van der Waals surface area contributed by atoms with E-state index in [-0.39, 0.29) is 42.7 Å². The van der Waals surface area contributed by atoms with Gasteiger partial charge in [-0.25, -0.2) is 4.79 Å². The number of unbranched alkanes of at least 4 members (excludes halogenated alkanes) is 11. The summed E-state index contributed by atoms with van der Waals surface area (Å²) < 4.78 is 17.2. The van der Waals surface area contributed by atoms with Gasteiger partial charge in [-0.2, -0.15) is 0 Å². The Labute approximate surface area is 336 Å². The van der Waals surface area contributed by atoms with E-state index in [4.69, 9.17) is 14.2 Å². The summed E-state index contributed by atoms with van der Waals surface area (Å²) in [5.74, 6) is -1.55. The number of aliphatic carboxylic acids is 1. The number of carboxylic acids is 1. The Morgan fingerprint density at radius 2 is 1.02 bits per heavy atom. The molecule has 0 rings (SSSR count). The Morgan fingerprint density at radius 1 is 0.564 bits per heavy atom. The summed E-state index contributed by atoms with van der Waals surface area (Å²) in [4.78, 5) is 36.9. The number of quaternary nitrogens is 1. The fraction of sp³-hybridized carbons (Fsp3) is 0.681. The van der Waals surface area contributed by atoms with Crippen molar-refractivity contribution in [3.8, 4) is 0 Å². The van der Waals surface area contributed by atoms with E-state index in [1.807, 2.05) is 21.1 Å². The van der Waals surface area contributed by atoms with Crippen LogP contribution in [-0.4, -0.2) is 80.6 Å². The number of esters is 2. The Bertz CT molecular complexity index is 1130. The van der Waals surface area contributed by atoms with Crippen molar-refractivity contribution in [2.75, 3.05) is 41.0 Å². The Kier molecular flexibility index (Phi) is 35.5. The normalized spacial score (nSPS) is 13.7. The lowest BCUT2D eigenvalue weighted by Gasteiger charge is -2.31. The Balaban J connectivity index is 4.47. The van der Waals surface area contributed by atoms with Gasteiger partial charge in [-0.3, -0.25) is 9.59 Å². The van der Waals surface area contributed by atoms with Gasteiger partial charge in [0.1, 0.15) is 6.61 Å². The molecule has 1 N–H and O–H groups in total. The summed E-state index contributed by atoms with van der Waals surface area (Å²) >= 11 is 0. The summed E-state index contributed by atoms with van der Waals surface area (Å²) in [7, 11) is 5.50. The van der Waals surface area contributed by atoms with E-state index in [1.54, 1.807) is 0 Å². The van der Waals surface area contributed by atoms with Crippen LogP contribution in [0.25, 0.3) is 0 Å². The van der Waals surface area contributed by atoms with Crippen molar-refractivity contribution in [3.63, 3.8) is 0 Å². The van der Waals surface area contributed by atoms with Crippen LogP contribution in [-0.2, 0) is 28.6 Å². The molecule has 0 aliphatic rings. The van der Waals surface area contributed by atoms with Crippen molar-refractivity contribution < 1.29 is 38.2 Å². The number of carboxylic acid groups (broad SMARTS) is 1. The van der Waals surface area contributed by atoms with Crippen LogP contribution in [0.4, 0.5) is 0 Å². The minimum Gasteiger partial charge on any atom is -0.477 e. The zero-order valence-electron chi connectivity index (χ0n) is 35.6. The molecule has 8 nitrogen and oxygen atoms in total. The fourth-order valence-corrected chi connectivity index (χ4v) is 5.76. The number of allylic oxidation sites excluding steroid dienone is 12. The lowest BCUT2D eigenvalue weighted by atomic mass is 10.1. The molecule has 0 aromatic rings. The average molecular weight is 771 g/mol. The van der Waals surface area contributed by atoms with E-state index in [2.05, 4.69) is 86.8 Å². The van der Waals surface area contributed by atoms with Crippen LogP contribution >= 0.6 is 0 Å². The van der Waals surface area contributed by atoms with Crippen LogP contribution < -0.4 is 0 Å². The van der Waals surface area contributed by atoms with Crippen LogP contribution in [0.15, 0.2) is 72.9 Å². The molecule has 0 heterocycles. The smallest absolute Gasteiger partial charge is 0.362 e. The second-order valence-corrected chi connectivity index (χ2v) is 15.2. The first-order valence-electron chi connectivity index (χ1n) is 21.5. The highest BCUT2D eigenvalue weighted by molar-refractivity contribution is 5.72. The minimum atomic E-state index is -0.887. The maximum Gasteiger partial charge on any atom is 0.362 e. The van der Waals surface area contributed by atoms with Gasteiger partial charge in [0, 0.05) is 19.3 Å². The number of hydrogen-bond acceptors (Lipinski definition) is 6. The van der Waals surface area contributed by atoms with Gasteiger partial charge in [0.05, 0.1) is 34.4 Å². The number of carbonyl (C=O) groups excluding carboxylic acids is 2. The van der Waals surface area contributed by atoms with Gasteiger partial charge >= 0.3 is 17.9 Å². The van der Waals surface area contributed by atoms with E-state index >= 15 is 0 Å². The average Bonchev–Trinajstić information content (AvgIpc) is 3.14. The van der Waals surface area contributed by atoms with Gasteiger partial charge < -0.3 is 23.8 Å². The molecule has 0 aliphatic carbocycles. The van der Waals surface area contributed by atoms with Gasteiger partial charge in [0.25, 0.3) is 0 Å². The van der Waals surface area contributed by atoms with E-state index in [9.17, 15) is 19.5 Å². The maximum atomic E-state index is 12.7. The number of carbonyl (C=O) groups is 3. The molecule has 0 radical (unpaired) electrons. The second kappa shape index (κ2) is 37.7. The van der Waals surface area contributed by atoms with Gasteiger partial charge in [0.2, 0.25) is 0 Å². The van der Waals surface area contributed by atoms with Gasteiger partial charge in [-0.15, -0.1) is 0 Å². The molecule has 55 heavy (non-hydrogen) atoms. The molecule has 0 aliphatic heterocycles. The molecule has 2 atom stereocenters. The van der Waals surface area contributed by atoms with E-state index < -0.39 is 18.1 Å². The molecule has 0 saturated heterocycles. The van der Waals surface area contributed by atoms with Crippen molar-refractivity contribution in [1.29, 1.82) is 0 Å². The molecule has 0 fully saturated rings. The Morgan fingerprint density at radius 3 is 1.55 bits per heavy atom. The highest BCUT2D eigenvalue weighted by Crippen LogP contribution is 2.12. The fourth-order valence-electron chi connectivity index (χ4n) is 5.76. The molecule has 0 spiro atoms. The summed E-state index contributed by atoms with van der Waals surface area (Å²) in [6.45, 7) is 4.52. The van der Waals surface area contributed by atoms with Crippen molar-refractivity contribution in [1.82, 2.24) is 0 Å². The third-order valence-corrected chi connectivity index (χ3v) is 9.09. The summed E-state index contributed by atoms with van der Waals surface area (Å²) in [6.07, 6.45) is 46.6. The first-order chi connectivity index (χ1) is 26.6. The quantitative estimate of drug-likeness (QED) is 0.0291. The summed E-state index contributed by atoms with van der Waals surface area (Å²) in [6, 6.07) is -0.627. The molecule has 314 valence electrons. The molecule has 0 aromatic carbocycles. The van der Waals surface area contributed by atoms with Crippen LogP contribution in [0.2, 0.25) is 0 Å². The number of nitrogens with zero attached hydrogens (tertiary/aromatic N) is 1. The van der Waals surface area contributed by atoms with Crippen molar-refractivity contribution in [3.05, 3.63) is 72.9 Å². The minimum absolute atomic E-state index is 0.0359. The first-order valence-corrected chi connectivity index (χ1v) is 21.5. The second-order valence-electron chi connectivity index (χ2n) is 15.2. The molecule has 2 unspecified atom stereocenters. The maximum absolute atomic E-state index is 12.7. The van der Waals surface area contributed by atoms with Crippen molar-refractivity contribution in [2.45, 2.75) is 167 Å². The summed E-state index contributed by atoms with van der Waals surface area (Å²) in [5, 5.41) is 9.61. The van der Waals surface area contributed by atoms with E-state index in [0.717, 1.165) is 83.5 Å². The molecule has 0 aromatic heterocycles. The predicted molar refractivity (Wildman–Crippen MR) is 229 cm³/mol. The monoisotopic (exact) mass is 771 g/mol. The van der Waals surface area contributed by atoms with Crippen LogP contribution in [0.3, 0.4) is 0 Å². The zero-order valence-corrected chi connectivity index (χ0v) is 35.6. The lowest BCUT2D eigenvalue weighted by Crippen LogP contribution is -2.50. The van der Waals surface area contributed by atoms with Crippen molar-refractivity contribution in [2.24, 2.45) is 0 Å². The number of hydrogen-bond donors (Lipinski definition) is 1. The number of rotatable bonds is 37. The third kappa shape index (κ3) is 36.2. The van der Waals surface area contributed by atoms with Gasteiger partial charge in [0.15, 0.2) is 12.1 Å². The number of ether oxygens (including phenoxy) is 3. The number of likely N-dealkylation sites (N-methyl/N-ethyl adjacent to an activating group) is 1. The van der Waals surface area contributed by atoms with Crippen LogP contribution in [0.1, 0.15) is 155 Å². The highest BCUT2D eigenvalue weighted by atomic mass is 16.6. The standard InChI is InChI=1S/C47H79NO7/c1-6-8-10-12-14-16-18-20-22-24-25-27-29-31-33-35-37-45(49)54-42-43(41-53-40-39-44(47(51)52)48(3,4)5)55-46(50)38-36-34-32-30-28-26-23-21-19-17-15-13-11-9-7-2/h9,11,15-18,21-24,28,30,43-44H,6-8,10,12-14,19-20,25-27,29,31-42H2,1-5H3/p+1/b11-9-,17-15-,18-16-,23-21-,24-22-,30-28-. The Hall–Kier alpha value is -3.23. The highest BCUT2D eigenvalue weighted by Gasteiger charge is 2.31. The molecular formula is C47H80NO7+. The van der Waals surface area contributed by atoms with Crippen LogP contribution in [0, 0.1) is 0 Å². The third-order valence-electron chi connectivity index (χ3n) is 9.09. The van der Waals surface area contributed by atoms with E-state index in [1.165, 1.54) is 32.1 Å². The van der Waals surface area contributed by atoms with E-state index in [0.29, 0.717) is 19.3 Å². The molecule has 0 saturated carbocycles. The topological polar surface area (TPSA) is 99.1 Å². The molecule has 8 heteroatoms.